The largest absolute Gasteiger partial charge is 0.470 e. The molecule has 8 heterocycles. The molecule has 0 aliphatic carbocycles. The number of nitrogens with two attached hydrogens (primary N) is 2. The number of fused-ring (bicyclic) bond motifs is 2. The molecule has 124 heavy (non-hydrogen) atoms. The van der Waals surface area contributed by atoms with Gasteiger partial charge in [0.1, 0.15) is 48.3 Å². The summed E-state index contributed by atoms with van der Waals surface area (Å²) in [6.07, 6.45) is -9.12. The monoisotopic (exact) mass is 1970 g/mol. The summed E-state index contributed by atoms with van der Waals surface area (Å²) in [6.45, 7) is 5.46. The Morgan fingerprint density at radius 1 is 0.492 bits per heavy atom. The number of phosphoric ester groups is 2. The van der Waals surface area contributed by atoms with Crippen LogP contribution in [-0.4, -0.2) is 323 Å². The van der Waals surface area contributed by atoms with Gasteiger partial charge in [-0.05, 0) is 96.3 Å². The number of amides is 8. The van der Waals surface area contributed by atoms with Gasteiger partial charge >= 0.3 is 51.2 Å². The number of nitrogen functional groups attached to an aromatic ring is 2. The lowest BCUT2D eigenvalue weighted by molar-refractivity contribution is -0.123. The predicted octanol–water partition coefficient (Wildman–Crippen LogP) is 0.613. The van der Waals surface area contributed by atoms with E-state index in [2.05, 4.69) is 65.9 Å². The number of halogens is 4. The maximum Gasteiger partial charge on any atom is 0.470 e. The van der Waals surface area contributed by atoms with Crippen molar-refractivity contribution in [2.24, 2.45) is 0 Å². The molecule has 2 aromatic heterocycles. The molecule has 712 valence electrons. The molecule has 8 rings (SSSR count). The summed E-state index contributed by atoms with van der Waals surface area (Å²) in [5.74, 6) is 1.28. The van der Waals surface area contributed by atoms with Crippen LogP contribution in [0.15, 0.2) is 22.0 Å². The second-order valence-electron chi connectivity index (χ2n) is 28.0. The number of hydrogen-bond acceptors (Lipinski definition) is 35. The Morgan fingerprint density at radius 2 is 0.855 bits per heavy atom. The Bertz CT molecular complexity index is 3910. The third kappa shape index (κ3) is 43.2. The van der Waals surface area contributed by atoms with Crippen molar-refractivity contribution in [1.29, 1.82) is 0 Å². The quantitative estimate of drug-likeness (QED) is 0.0245. The molecule has 0 bridgehead atoms. The summed E-state index contributed by atoms with van der Waals surface area (Å²) in [7, 11) is -10.3. The van der Waals surface area contributed by atoms with Gasteiger partial charge in [0, 0.05) is 97.4 Å². The van der Waals surface area contributed by atoms with Crippen molar-refractivity contribution in [2.45, 2.75) is 181 Å². The van der Waals surface area contributed by atoms with Crippen molar-refractivity contribution >= 4 is 144 Å². The highest BCUT2D eigenvalue weighted by Gasteiger charge is 2.50. The number of unbranched alkanes of at least 4 members (excludes halogenated alkanes) is 2. The lowest BCUT2D eigenvalue weighted by Crippen LogP contribution is -2.38. The van der Waals surface area contributed by atoms with Crippen LogP contribution in [-0.2, 0) is 111 Å². The summed E-state index contributed by atoms with van der Waals surface area (Å²) in [5.41, 5.74) is 10.8. The Labute approximate surface area is 742 Å². The predicted molar refractivity (Wildman–Crippen MR) is 452 cm³/mol. The number of nitrogens with zero attached hydrogens (tertiary/aromatic N) is 4. The van der Waals surface area contributed by atoms with Gasteiger partial charge in [-0.1, -0.05) is 20.3 Å². The fourth-order valence-electron chi connectivity index (χ4n) is 12.9. The van der Waals surface area contributed by atoms with Gasteiger partial charge in [-0.25, -0.2) is 32.6 Å². The van der Waals surface area contributed by atoms with Crippen LogP contribution in [0.4, 0.5) is 21.2 Å². The molecule has 2 aromatic rings. The molecule has 0 aromatic carbocycles. The molecule has 57 heteroatoms. The van der Waals surface area contributed by atoms with Gasteiger partial charge in [0.15, 0.2) is 12.5 Å². The number of rotatable bonds is 58. The minimum absolute atomic E-state index is 0. The standard InChI is InChI=1S/C33H57N7O18P2S.C33H55N7O12S.CH4.Cl4O3P2/c34-30-21(18-40(33(45)39-30)31-28(43)29(58-60(49,50)51)23(57-31)19-56-59(46,47)48)4-3-8-35-26(42)7-10-52-12-14-54-16-17-55-15-13-53-11-9-36-25(41)6-2-1-5-24-27-22(20-61-24)37-32(44)38-27;34-30-21(18-40(33(47)39-30)31-29(45)28(44)23(19-41)52-31)4-3-8-35-26(43)7-10-48-12-14-50-16-17-51-15-13-49-11-9-36-25(42)6-2-1-5-24-27-22(20-53-24)37-32(46)38-27;;1-8(2,5)7-9(3,4)6/h18,22-24,27-29,31,43H,1-17,19-20H2,(H,35,42)(H,36,41)(H2,34,39,45)(H2,37,38,44)(H2,46,47,48)(H2,49,50,51);18,22-24,27-29,31,41,44-45H,1-17,19-20H2,(H,35,43)(H,36,42)(H2,34,39,47)(H2,37,38,46);1H4;/t22-,23+,24-,27-,28-,29?,31+;22-,23+,24-,27-,28?,29-,31+;;/m00../s1. The Hall–Kier alpha value is -4.28. The lowest BCUT2D eigenvalue weighted by atomic mass is 10.0. The van der Waals surface area contributed by atoms with Crippen LogP contribution in [0.1, 0.15) is 108 Å². The fraction of sp³-hybridized carbons (Fsp3) is 0.791. The Morgan fingerprint density at radius 3 is 1.22 bits per heavy atom. The molecule has 6 aliphatic rings. The maximum absolute atomic E-state index is 12.6. The van der Waals surface area contributed by atoms with Crippen molar-refractivity contribution in [2.75, 3.05) is 168 Å². The SMILES string of the molecule is C.Nc1nc(=O)n([C@@H]2O[C@H](CO)C(O)[C@@H]2O)cc1CCCNC(=O)CCOCCOCCOCCOCCNC(=O)CCCC[C@@H]1SC[C@@H]2NC(=O)N[C@@H]21.Nc1nc(=O)n([C@@H]2O[C@H](COP(=O)(O)O)C(OP(=O)(O)O)[C@@H]2O)cc1CCCNC(=O)CCOCCOCCOCCOCCNC(=O)CCCC[C@@H]1SC[C@@H]2NC(=O)N[C@@H]21.O=P(Cl)(Cl)OP(=O)(Cl)Cl. The molecule has 6 fully saturated rings. The zero-order valence-corrected chi connectivity index (χ0v) is 75.2. The Kier molecular flexibility index (Phi) is 51.4. The van der Waals surface area contributed by atoms with Crippen molar-refractivity contribution in [3.8, 4) is 0 Å². The number of nitrogens with one attached hydrogen (secondary N) is 8. The van der Waals surface area contributed by atoms with Gasteiger partial charge in [0.05, 0.1) is 143 Å². The molecular weight excluding hydrogens is 1860 g/mol. The van der Waals surface area contributed by atoms with Gasteiger partial charge < -0.3 is 141 Å². The summed E-state index contributed by atoms with van der Waals surface area (Å²) in [5, 5.41) is 64.2. The normalized spacial score (nSPS) is 23.3. The second kappa shape index (κ2) is 57.8. The molecule has 2 unspecified atom stereocenters. The number of ether oxygens (including phenoxy) is 10. The number of hydrogen-bond donors (Lipinski definition) is 18. The molecular formula is C67H116Cl4N14O33P4S2. The third-order valence-electron chi connectivity index (χ3n) is 18.7. The first-order valence-electron chi connectivity index (χ1n) is 39.3. The number of thioether (sulfide) groups is 2. The molecule has 8 amide bonds. The first-order chi connectivity index (χ1) is 58.4. The van der Waals surface area contributed by atoms with Gasteiger partial charge in [-0.2, -0.15) is 33.5 Å². The van der Waals surface area contributed by atoms with Crippen molar-refractivity contribution in [3.63, 3.8) is 0 Å². The van der Waals surface area contributed by atoms with Gasteiger partial charge in [-0.3, -0.25) is 46.5 Å². The van der Waals surface area contributed by atoms with Crippen molar-refractivity contribution in [1.82, 2.24) is 61.6 Å². The summed E-state index contributed by atoms with van der Waals surface area (Å²) in [4.78, 5) is 140. The molecule has 14 atom stereocenters. The average Bonchev–Trinajstić information content (AvgIpc) is 1.64. The van der Waals surface area contributed by atoms with Crippen LogP contribution in [0, 0.1) is 0 Å². The first-order valence-corrected chi connectivity index (χ1v) is 51.3. The van der Waals surface area contributed by atoms with Crippen LogP contribution >= 0.6 is 96.3 Å². The molecule has 20 N–H and O–H groups in total. The van der Waals surface area contributed by atoms with Crippen molar-refractivity contribution in [3.05, 3.63) is 44.5 Å². The Balaban J connectivity index is 0.000000400. The fourth-order valence-corrected chi connectivity index (χ4v) is 22.0. The minimum atomic E-state index is -5.24. The number of carbonyl (C=O) groups excluding carboxylic acids is 6. The van der Waals surface area contributed by atoms with E-state index in [4.69, 9.17) is 114 Å². The van der Waals surface area contributed by atoms with Gasteiger partial charge in [0.25, 0.3) is 0 Å². The van der Waals surface area contributed by atoms with E-state index in [0.717, 1.165) is 59.2 Å². The number of phosphoric acid groups is 2. The number of aromatic nitrogens is 4. The van der Waals surface area contributed by atoms with Crippen LogP contribution in [0.3, 0.4) is 0 Å². The summed E-state index contributed by atoms with van der Waals surface area (Å²) < 4.78 is 112. The number of anilines is 2. The van der Waals surface area contributed by atoms with E-state index in [1.54, 1.807) is 0 Å². The maximum atomic E-state index is 12.6. The molecule has 6 aliphatic heterocycles. The summed E-state index contributed by atoms with van der Waals surface area (Å²) >= 11 is 22.9. The number of aryl methyl sites for hydroxylation is 2. The number of aliphatic hydroxyl groups excluding tert-OH is 4. The first kappa shape index (κ1) is 110. The zero-order valence-electron chi connectivity index (χ0n) is 67.0. The van der Waals surface area contributed by atoms with Crippen LogP contribution in [0.2, 0.25) is 0 Å². The van der Waals surface area contributed by atoms with E-state index in [-0.39, 0.29) is 125 Å². The van der Waals surface area contributed by atoms with E-state index < -0.39 is 101 Å². The van der Waals surface area contributed by atoms with Crippen molar-refractivity contribution < 1.29 is 148 Å². The average molecular weight is 1980 g/mol. The summed E-state index contributed by atoms with van der Waals surface area (Å²) in [6, 6.07) is 0.655. The highest BCUT2D eigenvalue weighted by atomic mass is 35.9. The third-order valence-corrected chi connectivity index (χ3v) is 26.5. The second-order valence-corrected chi connectivity index (χ2v) is 41.6. The molecule has 0 radical (unpaired) electrons. The minimum Gasteiger partial charge on any atom is -0.394 e. The van der Waals surface area contributed by atoms with E-state index >= 15 is 0 Å². The number of carbonyl (C=O) groups is 6. The highest BCUT2D eigenvalue weighted by molar-refractivity contribution is 8.15. The van der Waals surface area contributed by atoms with Crippen LogP contribution < -0.4 is 65.4 Å². The number of aliphatic hydroxyl groups is 4. The lowest BCUT2D eigenvalue weighted by Gasteiger charge is -2.21. The van der Waals surface area contributed by atoms with E-state index in [9.17, 15) is 86.8 Å². The van der Waals surface area contributed by atoms with Crippen LogP contribution in [0.25, 0.3) is 0 Å². The van der Waals surface area contributed by atoms with Crippen LogP contribution in [0.5, 0.6) is 0 Å². The molecule has 47 nitrogen and oxygen atoms in total. The van der Waals surface area contributed by atoms with E-state index in [1.165, 1.54) is 12.4 Å². The van der Waals surface area contributed by atoms with Gasteiger partial charge in [0.2, 0.25) is 23.6 Å². The molecule has 0 saturated carbocycles. The topological polar surface area (TPSA) is 671 Å². The van der Waals surface area contributed by atoms with E-state index in [0.29, 0.717) is 159 Å². The van der Waals surface area contributed by atoms with E-state index in [1.807, 2.05) is 23.5 Å². The van der Waals surface area contributed by atoms with Gasteiger partial charge in [-0.15, -0.1) is 0 Å². The smallest absolute Gasteiger partial charge is 0.394 e. The molecule has 6 saturated heterocycles. The zero-order chi connectivity index (χ0) is 90.1. The number of urea groups is 2. The molecule has 0 spiro atoms. The highest BCUT2D eigenvalue weighted by Crippen LogP contribution is 2.74.